The third-order valence-electron chi connectivity index (χ3n) is 4.88. The molecule has 0 aromatic heterocycles. The van der Waals surface area contributed by atoms with Crippen molar-refractivity contribution in [2.24, 2.45) is 0 Å². The number of aliphatic hydroxyl groups is 1. The third kappa shape index (κ3) is 2.82. The predicted octanol–water partition coefficient (Wildman–Crippen LogP) is 4.65. The Bertz CT molecular complexity index is 1420. The number of fused-ring (bicyclic) bond motifs is 2. The van der Waals surface area contributed by atoms with E-state index in [0.717, 1.165) is 10.1 Å². The maximum absolute atomic E-state index is 13.0. The molecule has 3 aliphatic heterocycles. The Morgan fingerprint density at radius 1 is 1.17 bits per heavy atom. The van der Waals surface area contributed by atoms with Crippen LogP contribution in [-0.4, -0.2) is 14.9 Å². The normalized spacial score (nSPS) is 16.4. The fourth-order valence-electron chi connectivity index (χ4n) is 3.41. The summed E-state index contributed by atoms with van der Waals surface area (Å²) in [7, 11) is 0. The van der Waals surface area contributed by atoms with Crippen LogP contribution in [0.15, 0.2) is 81.4 Å². The van der Waals surface area contributed by atoms with E-state index in [4.69, 9.17) is 20.8 Å². The molecule has 0 fully saturated rings. The van der Waals surface area contributed by atoms with Crippen molar-refractivity contribution in [1.82, 2.24) is 9.78 Å². The molecule has 8 heteroatoms. The lowest BCUT2D eigenvalue weighted by Gasteiger charge is -2.21. The molecule has 0 amide bonds. The molecule has 0 aliphatic carbocycles. The highest BCUT2D eigenvalue weighted by Gasteiger charge is 2.30. The summed E-state index contributed by atoms with van der Waals surface area (Å²) in [4.78, 5) is 13.0. The van der Waals surface area contributed by atoms with Gasteiger partial charge in [0.15, 0.2) is 0 Å². The van der Waals surface area contributed by atoms with Gasteiger partial charge < -0.3 is 14.3 Å². The number of ether oxygens (including phenoxy) is 1. The van der Waals surface area contributed by atoms with Crippen molar-refractivity contribution < 1.29 is 14.3 Å². The Morgan fingerprint density at radius 2 is 1.93 bits per heavy atom. The molecule has 1 N–H and O–H groups in total. The van der Waals surface area contributed by atoms with Gasteiger partial charge in [0.2, 0.25) is 11.8 Å². The average molecular weight is 418 g/mol. The average Bonchev–Trinajstić information content (AvgIpc) is 3.07. The first kappa shape index (κ1) is 18.0. The van der Waals surface area contributed by atoms with Crippen LogP contribution in [0, 0.1) is 11.3 Å². The zero-order valence-corrected chi connectivity index (χ0v) is 16.0. The predicted molar refractivity (Wildman–Crippen MR) is 110 cm³/mol. The van der Waals surface area contributed by atoms with Crippen LogP contribution in [0.4, 0.5) is 0 Å². The smallest absolute Gasteiger partial charge is 0.298 e. The van der Waals surface area contributed by atoms with Crippen molar-refractivity contribution in [2.75, 3.05) is 0 Å². The highest BCUT2D eigenvalue weighted by atomic mass is 35.5. The first-order valence-electron chi connectivity index (χ1n) is 8.95. The number of hydrogen-bond acceptors (Lipinski definition) is 6. The van der Waals surface area contributed by atoms with Gasteiger partial charge in [-0.15, -0.1) is 5.10 Å². The van der Waals surface area contributed by atoms with Crippen LogP contribution in [0.2, 0.25) is 5.02 Å². The Morgan fingerprint density at radius 3 is 2.70 bits per heavy atom. The van der Waals surface area contributed by atoms with E-state index >= 15 is 0 Å². The van der Waals surface area contributed by atoms with Crippen molar-refractivity contribution in [3.8, 4) is 17.5 Å². The number of nitrogens with zero attached hydrogens (tertiary/aromatic N) is 3. The molecule has 2 aromatic rings. The van der Waals surface area contributed by atoms with E-state index < -0.39 is 17.4 Å². The van der Waals surface area contributed by atoms with E-state index in [-0.39, 0.29) is 22.9 Å². The summed E-state index contributed by atoms with van der Waals surface area (Å²) >= 11 is 5.95. The second-order valence-electron chi connectivity index (χ2n) is 6.69. The summed E-state index contributed by atoms with van der Waals surface area (Å²) in [5.41, 5.74) is 1.11. The van der Waals surface area contributed by atoms with Gasteiger partial charge in [-0.1, -0.05) is 41.9 Å². The van der Waals surface area contributed by atoms with E-state index in [1.165, 1.54) is 0 Å². The van der Waals surface area contributed by atoms with Crippen LogP contribution in [0.5, 0.6) is 0 Å². The molecule has 7 nitrogen and oxygen atoms in total. The molecule has 0 spiro atoms. The number of para-hydroxylation sites is 1. The van der Waals surface area contributed by atoms with Crippen molar-refractivity contribution >= 4 is 28.5 Å². The molecule has 30 heavy (non-hydrogen) atoms. The Hall–Kier alpha value is -4.02. The van der Waals surface area contributed by atoms with Crippen molar-refractivity contribution in [3.05, 3.63) is 93.1 Å². The molecule has 0 bridgehead atoms. The van der Waals surface area contributed by atoms with Gasteiger partial charge in [0.25, 0.3) is 11.5 Å². The number of halogens is 1. The van der Waals surface area contributed by atoms with Gasteiger partial charge in [0, 0.05) is 16.3 Å². The minimum atomic E-state index is -0.640. The lowest BCUT2D eigenvalue weighted by atomic mass is 9.91. The minimum absolute atomic E-state index is 0.0145. The molecule has 1 atom stereocenters. The zero-order chi connectivity index (χ0) is 20.8. The van der Waals surface area contributed by atoms with E-state index in [0.29, 0.717) is 16.2 Å². The van der Waals surface area contributed by atoms with Gasteiger partial charge in [0.1, 0.15) is 22.8 Å². The second kappa shape index (κ2) is 6.79. The number of benzene rings is 2. The quantitative estimate of drug-likeness (QED) is 0.509. The van der Waals surface area contributed by atoms with Crippen molar-refractivity contribution in [3.63, 3.8) is 0 Å². The standard InChI is InChI=1S/C22H12ClN3O4/c23-14-7-5-12(6-8-14)15-10-19(30-22(28)17(15)11-24)26-21(27)16-9-13-3-1-2-4-18(13)29-20(16)25-26/h1-10,15,28H. The topological polar surface area (TPSA) is 101 Å². The Balaban J connectivity index is 1.67. The van der Waals surface area contributed by atoms with Crippen molar-refractivity contribution in [1.29, 1.82) is 5.26 Å². The molecule has 3 aliphatic rings. The second-order valence-corrected chi connectivity index (χ2v) is 7.12. The Kier molecular flexibility index (Phi) is 4.09. The highest BCUT2D eigenvalue weighted by molar-refractivity contribution is 6.30. The lowest BCUT2D eigenvalue weighted by Crippen LogP contribution is -2.21. The summed E-state index contributed by atoms with van der Waals surface area (Å²) in [6.07, 6.45) is 1.55. The van der Waals surface area contributed by atoms with Crippen LogP contribution in [0.25, 0.3) is 28.3 Å². The van der Waals surface area contributed by atoms with Crippen LogP contribution >= 0.6 is 11.6 Å². The lowest BCUT2D eigenvalue weighted by molar-refractivity contribution is 0.161. The monoisotopic (exact) mass is 417 g/mol. The van der Waals surface area contributed by atoms with Gasteiger partial charge in [0.05, 0.1) is 0 Å². The molecule has 2 aromatic carbocycles. The van der Waals surface area contributed by atoms with Crippen LogP contribution in [-0.2, 0) is 4.74 Å². The maximum Gasteiger partial charge on any atom is 0.298 e. The van der Waals surface area contributed by atoms with E-state index in [1.807, 2.05) is 24.3 Å². The summed E-state index contributed by atoms with van der Waals surface area (Å²) in [5, 5.41) is 25.3. The fraction of sp³-hybridized carbons (Fsp3) is 0.0455. The number of nitriles is 1. The van der Waals surface area contributed by atoms with Crippen LogP contribution in [0.3, 0.4) is 0 Å². The number of hydrogen-bond donors (Lipinski definition) is 1. The maximum atomic E-state index is 13.0. The van der Waals surface area contributed by atoms with Gasteiger partial charge >= 0.3 is 0 Å². The van der Waals surface area contributed by atoms with E-state index in [2.05, 4.69) is 5.10 Å². The fourth-order valence-corrected chi connectivity index (χ4v) is 3.53. The molecule has 5 rings (SSSR count). The minimum Gasteiger partial charge on any atom is -0.480 e. The highest BCUT2D eigenvalue weighted by Crippen LogP contribution is 2.35. The number of aromatic nitrogens is 2. The number of rotatable bonds is 2. The van der Waals surface area contributed by atoms with Crippen LogP contribution in [0.1, 0.15) is 11.5 Å². The SMILES string of the molecule is N#CC1=C(O)OC(n2nc3oc4ccccc4cc-3c2=O)=CC1c1ccc(Cl)cc1. The third-order valence-corrected chi connectivity index (χ3v) is 5.13. The summed E-state index contributed by atoms with van der Waals surface area (Å²) in [6, 6.07) is 17.7. The van der Waals surface area contributed by atoms with E-state index in [1.54, 1.807) is 42.5 Å². The molecular formula is C22H12ClN3O4. The molecule has 1 unspecified atom stereocenters. The van der Waals surface area contributed by atoms with Gasteiger partial charge in [-0.2, -0.15) is 9.94 Å². The first-order valence-corrected chi connectivity index (χ1v) is 9.33. The van der Waals surface area contributed by atoms with Gasteiger partial charge in [-0.25, -0.2) is 0 Å². The van der Waals surface area contributed by atoms with E-state index in [9.17, 15) is 15.2 Å². The van der Waals surface area contributed by atoms with Crippen LogP contribution < -0.4 is 5.56 Å². The summed E-state index contributed by atoms with van der Waals surface area (Å²) in [5.74, 6) is -1.11. The molecule has 0 saturated heterocycles. The van der Waals surface area contributed by atoms with Gasteiger partial charge in [-0.05, 0) is 35.9 Å². The van der Waals surface area contributed by atoms with Crippen molar-refractivity contribution in [2.45, 2.75) is 5.92 Å². The molecule has 0 radical (unpaired) electrons. The largest absolute Gasteiger partial charge is 0.480 e. The first-order chi connectivity index (χ1) is 14.5. The molecular weight excluding hydrogens is 406 g/mol. The van der Waals surface area contributed by atoms with Gasteiger partial charge in [-0.3, -0.25) is 4.79 Å². The summed E-state index contributed by atoms with van der Waals surface area (Å²) in [6.45, 7) is 0. The summed E-state index contributed by atoms with van der Waals surface area (Å²) < 4.78 is 12.1. The molecule has 146 valence electrons. The number of allylic oxidation sites excluding steroid dienone is 2. The Labute approximate surface area is 174 Å². The molecule has 3 heterocycles. The number of aliphatic hydroxyl groups excluding tert-OH is 1. The zero-order valence-electron chi connectivity index (χ0n) is 15.2. The molecule has 0 saturated carbocycles.